The minimum atomic E-state index is -0.201. The highest BCUT2D eigenvalue weighted by Crippen LogP contribution is 2.24. The van der Waals surface area contributed by atoms with Gasteiger partial charge in [-0.25, -0.2) is 0 Å². The Labute approximate surface area is 167 Å². The zero-order valence-corrected chi connectivity index (χ0v) is 15.8. The van der Waals surface area contributed by atoms with Crippen molar-refractivity contribution in [3.63, 3.8) is 0 Å². The van der Waals surface area contributed by atoms with Crippen molar-refractivity contribution in [2.24, 2.45) is 0 Å². The van der Waals surface area contributed by atoms with Crippen LogP contribution in [0, 0.1) is 6.92 Å². The minimum Gasteiger partial charge on any atom is -0.416 e. The summed E-state index contributed by atoms with van der Waals surface area (Å²) >= 11 is 5.95. The molecule has 0 aliphatic heterocycles. The molecule has 0 saturated carbocycles. The summed E-state index contributed by atoms with van der Waals surface area (Å²) in [5.74, 6) is 0.655. The van der Waals surface area contributed by atoms with Crippen molar-refractivity contribution >= 4 is 23.2 Å². The number of aryl methyl sites for hydroxylation is 1. The Morgan fingerprint density at radius 1 is 0.893 bits per heavy atom. The Morgan fingerprint density at radius 3 is 2.18 bits per heavy atom. The van der Waals surface area contributed by atoms with Crippen LogP contribution in [0.5, 0.6) is 0 Å². The molecule has 0 bridgehead atoms. The Kier molecular flexibility index (Phi) is 4.91. The molecule has 0 aliphatic carbocycles. The van der Waals surface area contributed by atoms with E-state index in [1.165, 1.54) is 0 Å². The van der Waals surface area contributed by atoms with Gasteiger partial charge < -0.3 is 9.73 Å². The van der Waals surface area contributed by atoms with Gasteiger partial charge >= 0.3 is 0 Å². The van der Waals surface area contributed by atoms with Crippen LogP contribution in [0.2, 0.25) is 5.02 Å². The van der Waals surface area contributed by atoms with Gasteiger partial charge in [0.05, 0.1) is 0 Å². The van der Waals surface area contributed by atoms with E-state index < -0.39 is 0 Å². The largest absolute Gasteiger partial charge is 0.416 e. The number of hydrogen-bond donors (Lipinski definition) is 1. The molecule has 1 N–H and O–H groups in total. The number of anilines is 1. The SMILES string of the molecule is Cc1cc(Cl)ccc1NC(=O)c1ccc(-c2nnc(-c3ccccc3)o2)cc1. The molecule has 6 heteroatoms. The lowest BCUT2D eigenvalue weighted by molar-refractivity contribution is 0.102. The average Bonchev–Trinajstić information content (AvgIpc) is 3.21. The summed E-state index contributed by atoms with van der Waals surface area (Å²) < 4.78 is 5.74. The van der Waals surface area contributed by atoms with Crippen molar-refractivity contribution in [1.82, 2.24) is 10.2 Å². The Morgan fingerprint density at radius 2 is 1.54 bits per heavy atom. The lowest BCUT2D eigenvalue weighted by Crippen LogP contribution is -2.12. The number of carbonyl (C=O) groups excluding carboxylic acids is 1. The van der Waals surface area contributed by atoms with Gasteiger partial charge in [-0.15, -0.1) is 10.2 Å². The number of rotatable bonds is 4. The molecule has 0 atom stereocenters. The van der Waals surface area contributed by atoms with E-state index in [0.717, 1.165) is 22.4 Å². The van der Waals surface area contributed by atoms with Gasteiger partial charge in [0.15, 0.2) is 0 Å². The molecular formula is C22H16ClN3O2. The summed E-state index contributed by atoms with van der Waals surface area (Å²) in [6.07, 6.45) is 0. The third-order valence-corrected chi connectivity index (χ3v) is 4.51. The van der Waals surface area contributed by atoms with Gasteiger partial charge in [0.2, 0.25) is 11.8 Å². The molecular weight excluding hydrogens is 374 g/mol. The normalized spacial score (nSPS) is 10.6. The van der Waals surface area contributed by atoms with E-state index in [4.69, 9.17) is 16.0 Å². The van der Waals surface area contributed by atoms with Crippen LogP contribution < -0.4 is 5.32 Å². The molecule has 1 amide bonds. The highest BCUT2D eigenvalue weighted by atomic mass is 35.5. The third kappa shape index (κ3) is 3.80. The second-order valence-corrected chi connectivity index (χ2v) is 6.71. The van der Waals surface area contributed by atoms with Crippen LogP contribution in [-0.2, 0) is 0 Å². The minimum absolute atomic E-state index is 0.201. The maximum Gasteiger partial charge on any atom is 0.255 e. The van der Waals surface area contributed by atoms with Gasteiger partial charge in [0.25, 0.3) is 5.91 Å². The fraction of sp³-hybridized carbons (Fsp3) is 0.0455. The number of hydrogen-bond acceptors (Lipinski definition) is 4. The van der Waals surface area contributed by atoms with Crippen LogP contribution in [0.25, 0.3) is 22.9 Å². The lowest BCUT2D eigenvalue weighted by atomic mass is 10.1. The van der Waals surface area contributed by atoms with Crippen LogP contribution in [0.3, 0.4) is 0 Å². The summed E-state index contributed by atoms with van der Waals surface area (Å²) in [6, 6.07) is 21.9. The number of carbonyl (C=O) groups is 1. The fourth-order valence-corrected chi connectivity index (χ4v) is 2.99. The molecule has 0 fully saturated rings. The van der Waals surface area contributed by atoms with Crippen molar-refractivity contribution < 1.29 is 9.21 Å². The van der Waals surface area contributed by atoms with Crippen LogP contribution in [0.1, 0.15) is 15.9 Å². The first-order chi connectivity index (χ1) is 13.6. The zero-order valence-electron chi connectivity index (χ0n) is 15.0. The van der Waals surface area contributed by atoms with E-state index in [1.807, 2.05) is 37.3 Å². The summed E-state index contributed by atoms with van der Waals surface area (Å²) in [5, 5.41) is 11.7. The van der Waals surface area contributed by atoms with Crippen molar-refractivity contribution in [3.8, 4) is 22.9 Å². The van der Waals surface area contributed by atoms with Gasteiger partial charge in [-0.3, -0.25) is 4.79 Å². The molecule has 4 rings (SSSR count). The topological polar surface area (TPSA) is 68.0 Å². The monoisotopic (exact) mass is 389 g/mol. The van der Waals surface area contributed by atoms with Crippen molar-refractivity contribution in [2.75, 3.05) is 5.32 Å². The maximum atomic E-state index is 12.5. The third-order valence-electron chi connectivity index (χ3n) is 4.28. The first-order valence-electron chi connectivity index (χ1n) is 8.67. The van der Waals surface area contributed by atoms with Crippen LogP contribution >= 0.6 is 11.6 Å². The highest BCUT2D eigenvalue weighted by molar-refractivity contribution is 6.30. The first kappa shape index (κ1) is 17.9. The summed E-state index contributed by atoms with van der Waals surface area (Å²) in [4.78, 5) is 12.5. The summed E-state index contributed by atoms with van der Waals surface area (Å²) in [7, 11) is 0. The second kappa shape index (κ2) is 7.66. The molecule has 0 unspecified atom stereocenters. The molecule has 0 aliphatic rings. The molecule has 0 saturated heterocycles. The second-order valence-electron chi connectivity index (χ2n) is 6.27. The smallest absolute Gasteiger partial charge is 0.255 e. The quantitative estimate of drug-likeness (QED) is 0.492. The summed E-state index contributed by atoms with van der Waals surface area (Å²) in [6.45, 7) is 1.89. The molecule has 4 aromatic rings. The van der Waals surface area contributed by atoms with Crippen molar-refractivity contribution in [3.05, 3.63) is 88.9 Å². The average molecular weight is 390 g/mol. The van der Waals surface area contributed by atoms with E-state index in [-0.39, 0.29) is 5.91 Å². The van der Waals surface area contributed by atoms with Gasteiger partial charge in [0, 0.05) is 27.4 Å². The number of nitrogens with one attached hydrogen (secondary N) is 1. The number of benzene rings is 3. The Bertz CT molecular complexity index is 1120. The Hall–Kier alpha value is -3.44. The van der Waals surface area contributed by atoms with Gasteiger partial charge in [0.1, 0.15) is 0 Å². The lowest BCUT2D eigenvalue weighted by Gasteiger charge is -2.09. The van der Waals surface area contributed by atoms with Crippen LogP contribution in [0.15, 0.2) is 77.2 Å². The molecule has 1 aromatic heterocycles. The molecule has 3 aromatic carbocycles. The molecule has 5 nitrogen and oxygen atoms in total. The molecule has 1 heterocycles. The number of halogens is 1. The molecule has 28 heavy (non-hydrogen) atoms. The number of amides is 1. The van der Waals surface area contributed by atoms with Crippen LogP contribution in [0.4, 0.5) is 5.69 Å². The number of nitrogens with zero attached hydrogens (tertiary/aromatic N) is 2. The van der Waals surface area contributed by atoms with Crippen molar-refractivity contribution in [1.29, 1.82) is 0 Å². The predicted molar refractivity (Wildman–Crippen MR) is 109 cm³/mol. The van der Waals surface area contributed by atoms with E-state index in [1.54, 1.807) is 42.5 Å². The highest BCUT2D eigenvalue weighted by Gasteiger charge is 2.12. The fourth-order valence-electron chi connectivity index (χ4n) is 2.76. The van der Waals surface area contributed by atoms with Gasteiger partial charge in [-0.05, 0) is 67.1 Å². The summed E-state index contributed by atoms with van der Waals surface area (Å²) in [5.41, 5.74) is 3.75. The van der Waals surface area contributed by atoms with Gasteiger partial charge in [-0.1, -0.05) is 29.8 Å². The number of aromatic nitrogens is 2. The van der Waals surface area contributed by atoms with E-state index in [0.29, 0.717) is 22.4 Å². The van der Waals surface area contributed by atoms with E-state index in [9.17, 15) is 4.79 Å². The predicted octanol–water partition coefficient (Wildman–Crippen LogP) is 5.62. The standard InChI is InChI=1S/C22H16ClN3O2/c1-14-13-18(23)11-12-19(14)24-20(27)15-7-9-17(10-8-15)22-26-25-21(28-22)16-5-3-2-4-6-16/h2-13H,1H3,(H,24,27). The maximum absolute atomic E-state index is 12.5. The van der Waals surface area contributed by atoms with Crippen molar-refractivity contribution in [2.45, 2.75) is 6.92 Å². The van der Waals surface area contributed by atoms with E-state index >= 15 is 0 Å². The first-order valence-corrected chi connectivity index (χ1v) is 9.05. The van der Waals surface area contributed by atoms with Crippen LogP contribution in [-0.4, -0.2) is 16.1 Å². The molecule has 138 valence electrons. The Balaban J connectivity index is 1.51. The molecule has 0 radical (unpaired) electrons. The zero-order chi connectivity index (χ0) is 19.5. The van der Waals surface area contributed by atoms with Gasteiger partial charge in [-0.2, -0.15) is 0 Å². The van der Waals surface area contributed by atoms with E-state index in [2.05, 4.69) is 15.5 Å². The molecule has 0 spiro atoms.